The summed E-state index contributed by atoms with van der Waals surface area (Å²) in [4.78, 5) is 0. The van der Waals surface area contributed by atoms with Crippen molar-refractivity contribution in [1.29, 1.82) is 0 Å². The highest BCUT2D eigenvalue weighted by atomic mass is 32.1. The number of anilines is 2. The van der Waals surface area contributed by atoms with Gasteiger partial charge in [-0.2, -0.15) is 23.4 Å². The zero-order chi connectivity index (χ0) is 20.9. The lowest BCUT2D eigenvalue weighted by Gasteiger charge is -2.08. The molecule has 0 bridgehead atoms. The number of nitrogens with zero attached hydrogens (tertiary/aromatic N) is 4. The Labute approximate surface area is 168 Å². The summed E-state index contributed by atoms with van der Waals surface area (Å²) < 4.78 is 56.5. The monoisotopic (exact) mass is 428 g/mol. The maximum atomic E-state index is 13.0. The van der Waals surface area contributed by atoms with Gasteiger partial charge in [0.25, 0.3) is 0 Å². The number of rotatable bonds is 7. The van der Waals surface area contributed by atoms with Gasteiger partial charge in [0.05, 0.1) is 36.5 Å². The molecule has 7 nitrogen and oxygen atoms in total. The van der Waals surface area contributed by atoms with Crippen molar-refractivity contribution in [3.63, 3.8) is 0 Å². The Morgan fingerprint density at radius 2 is 1.59 bits per heavy atom. The van der Waals surface area contributed by atoms with Crippen molar-refractivity contribution in [2.45, 2.75) is 19.5 Å². The van der Waals surface area contributed by atoms with Crippen LogP contribution in [-0.4, -0.2) is 37.5 Å². The van der Waals surface area contributed by atoms with Gasteiger partial charge >= 0.3 is 6.18 Å². The Balaban J connectivity index is 1.47. The summed E-state index contributed by atoms with van der Waals surface area (Å²) in [5.41, 5.74) is 2.00. The molecule has 2 aromatic heterocycles. The van der Waals surface area contributed by atoms with Crippen LogP contribution in [0.1, 0.15) is 5.56 Å². The SMILES string of the molecule is Fc1ccc(Cn2cc(NC(=S)Nc3cnn(COCC(F)(F)F)c3)cn2)cc1. The van der Waals surface area contributed by atoms with E-state index in [0.717, 1.165) is 5.56 Å². The van der Waals surface area contributed by atoms with Crippen LogP contribution < -0.4 is 10.6 Å². The Kier molecular flexibility index (Phi) is 6.44. The van der Waals surface area contributed by atoms with E-state index in [2.05, 4.69) is 25.6 Å². The molecule has 2 heterocycles. The summed E-state index contributed by atoms with van der Waals surface area (Å²) in [6.45, 7) is -1.22. The van der Waals surface area contributed by atoms with Gasteiger partial charge in [0.2, 0.25) is 0 Å². The molecule has 0 radical (unpaired) electrons. The first-order chi connectivity index (χ1) is 13.8. The van der Waals surface area contributed by atoms with E-state index in [0.29, 0.717) is 17.9 Å². The van der Waals surface area contributed by atoms with Gasteiger partial charge in [-0.05, 0) is 29.9 Å². The highest BCUT2D eigenvalue weighted by molar-refractivity contribution is 7.80. The minimum Gasteiger partial charge on any atom is -0.350 e. The fraction of sp³-hybridized carbons (Fsp3) is 0.235. The van der Waals surface area contributed by atoms with Gasteiger partial charge in [-0.3, -0.25) is 4.68 Å². The fourth-order valence-corrected chi connectivity index (χ4v) is 2.57. The predicted molar refractivity (Wildman–Crippen MR) is 102 cm³/mol. The molecule has 2 N–H and O–H groups in total. The van der Waals surface area contributed by atoms with Crippen molar-refractivity contribution in [2.24, 2.45) is 0 Å². The van der Waals surface area contributed by atoms with E-state index >= 15 is 0 Å². The molecule has 12 heteroatoms. The molecule has 0 saturated heterocycles. The third-order valence-electron chi connectivity index (χ3n) is 3.53. The van der Waals surface area contributed by atoms with E-state index in [9.17, 15) is 17.6 Å². The van der Waals surface area contributed by atoms with Crippen LogP contribution in [0, 0.1) is 5.82 Å². The number of hydrogen-bond donors (Lipinski definition) is 2. The second-order valence-corrected chi connectivity index (χ2v) is 6.40. The van der Waals surface area contributed by atoms with Crippen molar-refractivity contribution >= 4 is 28.7 Å². The number of halogens is 4. The van der Waals surface area contributed by atoms with Crippen LogP contribution in [0.15, 0.2) is 49.1 Å². The third-order valence-corrected chi connectivity index (χ3v) is 3.73. The molecule has 0 fully saturated rings. The van der Waals surface area contributed by atoms with Crippen molar-refractivity contribution < 1.29 is 22.3 Å². The Bertz CT molecular complexity index is 953. The largest absolute Gasteiger partial charge is 0.411 e. The normalized spacial score (nSPS) is 11.4. The van der Waals surface area contributed by atoms with E-state index < -0.39 is 12.8 Å². The van der Waals surface area contributed by atoms with Crippen LogP contribution in [0.4, 0.5) is 28.9 Å². The lowest BCUT2D eigenvalue weighted by atomic mass is 10.2. The van der Waals surface area contributed by atoms with Crippen molar-refractivity contribution in [3.8, 4) is 0 Å². The molecule has 0 unspecified atom stereocenters. The van der Waals surface area contributed by atoms with Crippen LogP contribution in [0.3, 0.4) is 0 Å². The summed E-state index contributed by atoms with van der Waals surface area (Å²) in [6, 6.07) is 6.11. The number of aromatic nitrogens is 4. The number of alkyl halides is 3. The molecule has 0 saturated carbocycles. The molecule has 1 aromatic carbocycles. The molecule has 0 atom stereocenters. The highest BCUT2D eigenvalue weighted by Gasteiger charge is 2.27. The summed E-state index contributed by atoms with van der Waals surface area (Å²) in [6.07, 6.45) is 1.78. The first kappa shape index (κ1) is 20.7. The molecule has 0 aliphatic heterocycles. The summed E-state index contributed by atoms with van der Waals surface area (Å²) >= 11 is 5.20. The highest BCUT2D eigenvalue weighted by Crippen LogP contribution is 2.15. The molecule has 154 valence electrons. The number of thiocarbonyl (C=S) groups is 1. The standard InChI is InChI=1S/C17H16F4N6OS/c18-13-3-1-12(2-4-13)7-26-8-14(5-22-26)24-16(29)25-15-6-23-27(9-15)11-28-10-17(19,20)21/h1-6,8-9H,7,10-11H2,(H2,24,25,29). The number of nitrogens with one attached hydrogen (secondary N) is 2. The zero-order valence-corrected chi connectivity index (χ0v) is 15.7. The van der Waals surface area contributed by atoms with Gasteiger partial charge in [0.1, 0.15) is 19.2 Å². The molecule has 3 aromatic rings. The third kappa shape index (κ3) is 6.84. The Morgan fingerprint density at radius 1 is 1.00 bits per heavy atom. The topological polar surface area (TPSA) is 68.9 Å². The lowest BCUT2D eigenvalue weighted by molar-refractivity contribution is -0.182. The van der Waals surface area contributed by atoms with E-state index in [4.69, 9.17) is 12.2 Å². The van der Waals surface area contributed by atoms with E-state index in [1.54, 1.807) is 29.2 Å². The second kappa shape index (κ2) is 9.01. The van der Waals surface area contributed by atoms with Crippen molar-refractivity contribution in [3.05, 3.63) is 60.4 Å². The van der Waals surface area contributed by atoms with Crippen LogP contribution in [-0.2, 0) is 18.0 Å². The van der Waals surface area contributed by atoms with E-state index in [1.807, 2.05) is 0 Å². The lowest BCUT2D eigenvalue weighted by Crippen LogP contribution is -2.19. The molecular weight excluding hydrogens is 412 g/mol. The number of benzene rings is 1. The molecule has 29 heavy (non-hydrogen) atoms. The smallest absolute Gasteiger partial charge is 0.350 e. The minimum absolute atomic E-state index is 0.252. The Hall–Kier alpha value is -2.99. The first-order valence-corrected chi connectivity index (χ1v) is 8.69. The van der Waals surface area contributed by atoms with Gasteiger partial charge in [0.15, 0.2) is 5.11 Å². The molecule has 3 rings (SSSR count). The summed E-state index contributed by atoms with van der Waals surface area (Å²) in [7, 11) is 0. The maximum absolute atomic E-state index is 13.0. The molecule has 0 aliphatic carbocycles. The molecule has 0 aliphatic rings. The second-order valence-electron chi connectivity index (χ2n) is 5.99. The van der Waals surface area contributed by atoms with Crippen LogP contribution in [0.25, 0.3) is 0 Å². The van der Waals surface area contributed by atoms with Crippen LogP contribution >= 0.6 is 12.2 Å². The van der Waals surface area contributed by atoms with Crippen LogP contribution in [0.2, 0.25) is 0 Å². The van der Waals surface area contributed by atoms with Gasteiger partial charge in [-0.25, -0.2) is 9.07 Å². The Morgan fingerprint density at radius 3 is 2.21 bits per heavy atom. The molecular formula is C17H16F4N6OS. The summed E-state index contributed by atoms with van der Waals surface area (Å²) in [5.74, 6) is -0.303. The van der Waals surface area contributed by atoms with Gasteiger partial charge in [-0.1, -0.05) is 12.1 Å². The minimum atomic E-state index is -4.39. The number of hydrogen-bond acceptors (Lipinski definition) is 4. The first-order valence-electron chi connectivity index (χ1n) is 8.29. The number of ether oxygens (including phenoxy) is 1. The van der Waals surface area contributed by atoms with Gasteiger partial charge in [0, 0.05) is 6.20 Å². The van der Waals surface area contributed by atoms with Crippen LogP contribution in [0.5, 0.6) is 0 Å². The quantitative estimate of drug-likeness (QED) is 0.443. The average molecular weight is 428 g/mol. The van der Waals surface area contributed by atoms with Crippen molar-refractivity contribution in [2.75, 3.05) is 17.2 Å². The zero-order valence-electron chi connectivity index (χ0n) is 14.9. The van der Waals surface area contributed by atoms with E-state index in [-0.39, 0.29) is 17.7 Å². The maximum Gasteiger partial charge on any atom is 0.411 e. The van der Waals surface area contributed by atoms with Crippen molar-refractivity contribution in [1.82, 2.24) is 19.6 Å². The van der Waals surface area contributed by atoms with E-state index in [1.165, 1.54) is 29.2 Å². The fourth-order valence-electron chi connectivity index (χ4n) is 2.34. The van der Waals surface area contributed by atoms with Gasteiger partial charge < -0.3 is 15.4 Å². The molecule has 0 spiro atoms. The predicted octanol–water partition coefficient (Wildman–Crippen LogP) is 3.61. The summed E-state index contributed by atoms with van der Waals surface area (Å²) in [5, 5.41) is 14.1. The molecule has 0 amide bonds. The average Bonchev–Trinajstić information content (AvgIpc) is 3.25. The van der Waals surface area contributed by atoms with Gasteiger partial charge in [-0.15, -0.1) is 0 Å².